The van der Waals surface area contributed by atoms with E-state index in [0.29, 0.717) is 0 Å². The third kappa shape index (κ3) is 0.352. The Hall–Kier alpha value is 0. The van der Waals surface area contributed by atoms with Crippen LogP contribution in [0.5, 0.6) is 0 Å². The van der Waals surface area contributed by atoms with Crippen LogP contribution in [-0.2, 0) is 0 Å². The maximum atomic E-state index is 1.67. The summed E-state index contributed by atoms with van der Waals surface area (Å²) >= 11 is 0. The number of rotatable bonds is 0. The average Bonchev–Trinajstić information content (AvgIpc) is 2.59. The first-order valence-electron chi connectivity index (χ1n) is 5.93. The second kappa shape index (κ2) is 1.40. The second-order valence-electron chi connectivity index (χ2n) is 6.27. The number of hydrogen-bond acceptors (Lipinski definition) is 0. The lowest BCUT2D eigenvalue weighted by atomic mass is 9.50. The lowest BCUT2D eigenvalue weighted by Gasteiger charge is -2.54. The van der Waals surface area contributed by atoms with Crippen LogP contribution in [0, 0.1) is 47.3 Å². The Labute approximate surface area is 73.7 Å². The Kier molecular flexibility index (Phi) is 0.663. The molecular weight excluding hydrogens is 144 g/mol. The van der Waals surface area contributed by atoms with Crippen LogP contribution in [0.2, 0.25) is 0 Å². The van der Waals surface area contributed by atoms with Gasteiger partial charge in [-0.05, 0) is 73.0 Å². The molecule has 0 aliphatic heterocycles. The third-order valence-corrected chi connectivity index (χ3v) is 6.47. The van der Waals surface area contributed by atoms with Crippen LogP contribution in [0.3, 0.4) is 0 Å². The van der Waals surface area contributed by atoms with Gasteiger partial charge in [0.05, 0.1) is 0 Å². The highest BCUT2D eigenvalue weighted by Crippen LogP contribution is 2.78. The van der Waals surface area contributed by atoms with Crippen molar-refractivity contribution in [1.29, 1.82) is 0 Å². The van der Waals surface area contributed by atoms with E-state index in [1.165, 1.54) is 47.3 Å². The molecular formula is C12H16. The van der Waals surface area contributed by atoms with Crippen molar-refractivity contribution in [3.63, 3.8) is 0 Å². The van der Waals surface area contributed by atoms with Gasteiger partial charge in [-0.2, -0.15) is 0 Å². The maximum absolute atomic E-state index is 1.67. The van der Waals surface area contributed by atoms with Gasteiger partial charge in [0.2, 0.25) is 0 Å². The van der Waals surface area contributed by atoms with Gasteiger partial charge in [-0.25, -0.2) is 0 Å². The molecule has 0 aromatic heterocycles. The van der Waals surface area contributed by atoms with Gasteiger partial charge in [-0.3, -0.25) is 0 Å². The van der Waals surface area contributed by atoms with Crippen molar-refractivity contribution in [2.75, 3.05) is 0 Å². The molecule has 0 amide bonds. The van der Waals surface area contributed by atoms with Crippen molar-refractivity contribution < 1.29 is 0 Å². The zero-order valence-corrected chi connectivity index (χ0v) is 7.45. The predicted molar refractivity (Wildman–Crippen MR) is 46.4 cm³/mol. The Balaban J connectivity index is 1.80. The molecule has 5 aliphatic carbocycles. The molecule has 5 rings (SSSR count). The Bertz CT molecular complexity index is 256. The van der Waals surface area contributed by atoms with Crippen LogP contribution >= 0.6 is 0 Å². The second-order valence-corrected chi connectivity index (χ2v) is 6.27. The van der Waals surface area contributed by atoms with E-state index in [4.69, 9.17) is 0 Å². The van der Waals surface area contributed by atoms with Crippen LogP contribution in [0.15, 0.2) is 0 Å². The molecule has 0 spiro atoms. The summed E-state index contributed by atoms with van der Waals surface area (Å²) in [7, 11) is 0. The van der Waals surface area contributed by atoms with E-state index in [0.717, 1.165) is 0 Å². The molecule has 0 saturated heterocycles. The molecule has 0 N–H and O–H groups in total. The quantitative estimate of drug-likeness (QED) is 0.511. The Morgan fingerprint density at radius 1 is 0.500 bits per heavy atom. The van der Waals surface area contributed by atoms with Crippen LogP contribution in [0.25, 0.3) is 0 Å². The van der Waals surface area contributed by atoms with E-state index < -0.39 is 0 Å². The van der Waals surface area contributed by atoms with Gasteiger partial charge in [-0.15, -0.1) is 0 Å². The molecule has 5 saturated carbocycles. The van der Waals surface area contributed by atoms with Gasteiger partial charge in [0, 0.05) is 0 Å². The molecule has 64 valence electrons. The lowest BCUT2D eigenvalue weighted by Crippen LogP contribution is -2.49. The molecule has 0 heterocycles. The normalized spacial score (nSPS) is 80.0. The zero-order chi connectivity index (χ0) is 7.45. The molecule has 5 aliphatic rings. The minimum atomic E-state index is 1.23. The summed E-state index contributed by atoms with van der Waals surface area (Å²) in [5, 5.41) is 0. The minimum absolute atomic E-state index is 1.23. The van der Waals surface area contributed by atoms with Crippen LogP contribution in [0.1, 0.15) is 25.7 Å². The van der Waals surface area contributed by atoms with E-state index in [2.05, 4.69) is 0 Å². The van der Waals surface area contributed by atoms with E-state index in [-0.39, 0.29) is 0 Å². The van der Waals surface area contributed by atoms with E-state index in [1.54, 1.807) is 25.7 Å². The highest BCUT2D eigenvalue weighted by molar-refractivity contribution is 5.20. The topological polar surface area (TPSA) is 0 Å². The summed E-state index contributed by atoms with van der Waals surface area (Å²) in [5.41, 5.74) is 0. The molecule has 6 atom stereocenters. The van der Waals surface area contributed by atoms with Gasteiger partial charge >= 0.3 is 0 Å². The fourth-order valence-electron chi connectivity index (χ4n) is 6.49. The van der Waals surface area contributed by atoms with Crippen molar-refractivity contribution in [3.8, 4) is 0 Å². The molecule has 0 aromatic rings. The van der Waals surface area contributed by atoms with Crippen molar-refractivity contribution in [3.05, 3.63) is 0 Å². The summed E-state index contributed by atoms with van der Waals surface area (Å²) in [6, 6.07) is 0. The molecule has 0 radical (unpaired) electrons. The van der Waals surface area contributed by atoms with Gasteiger partial charge in [0.15, 0.2) is 0 Å². The third-order valence-electron chi connectivity index (χ3n) is 6.47. The molecule has 0 nitrogen and oxygen atoms in total. The summed E-state index contributed by atoms with van der Waals surface area (Å²) in [5.74, 6) is 10.0. The number of hydrogen-bond donors (Lipinski definition) is 0. The summed E-state index contributed by atoms with van der Waals surface area (Å²) < 4.78 is 0. The Morgan fingerprint density at radius 3 is 1.42 bits per heavy atom. The van der Waals surface area contributed by atoms with Crippen molar-refractivity contribution >= 4 is 0 Å². The van der Waals surface area contributed by atoms with Gasteiger partial charge in [0.1, 0.15) is 0 Å². The Morgan fingerprint density at radius 2 is 0.917 bits per heavy atom. The first kappa shape index (κ1) is 5.67. The van der Waals surface area contributed by atoms with E-state index >= 15 is 0 Å². The van der Waals surface area contributed by atoms with Crippen molar-refractivity contribution in [2.24, 2.45) is 47.3 Å². The molecule has 12 heavy (non-hydrogen) atoms. The highest BCUT2D eigenvalue weighted by atomic mass is 14.8. The van der Waals surface area contributed by atoms with E-state index in [9.17, 15) is 0 Å². The maximum Gasteiger partial charge on any atom is -0.0321 e. The van der Waals surface area contributed by atoms with Gasteiger partial charge in [0.25, 0.3) is 0 Å². The van der Waals surface area contributed by atoms with Gasteiger partial charge in [-0.1, -0.05) is 0 Å². The molecule has 0 heteroatoms. The minimum Gasteiger partial charge on any atom is -0.0467 e. The molecule has 0 aromatic carbocycles. The highest BCUT2D eigenvalue weighted by Gasteiger charge is 2.71. The summed E-state index contributed by atoms with van der Waals surface area (Å²) in [6.07, 6.45) is 6.66. The first-order chi connectivity index (χ1) is 5.93. The molecule has 5 bridgehead atoms. The summed E-state index contributed by atoms with van der Waals surface area (Å²) in [4.78, 5) is 0. The van der Waals surface area contributed by atoms with Crippen LogP contribution in [0.4, 0.5) is 0 Å². The van der Waals surface area contributed by atoms with E-state index in [1.807, 2.05) is 0 Å². The lowest BCUT2D eigenvalue weighted by molar-refractivity contribution is -0.0659. The van der Waals surface area contributed by atoms with Crippen LogP contribution < -0.4 is 0 Å². The van der Waals surface area contributed by atoms with Crippen molar-refractivity contribution in [2.45, 2.75) is 25.7 Å². The van der Waals surface area contributed by atoms with Crippen LogP contribution in [-0.4, -0.2) is 0 Å². The first-order valence-corrected chi connectivity index (χ1v) is 5.93. The SMILES string of the molecule is C1C2CC3C1C1CC4CC3C4C21. The fourth-order valence-corrected chi connectivity index (χ4v) is 6.49. The largest absolute Gasteiger partial charge is 0.0467 e. The summed E-state index contributed by atoms with van der Waals surface area (Å²) in [6.45, 7) is 0. The smallest absolute Gasteiger partial charge is 0.0321 e. The van der Waals surface area contributed by atoms with Crippen molar-refractivity contribution in [1.82, 2.24) is 0 Å². The number of fused-ring (bicyclic) bond motifs is 2. The molecule has 6 unspecified atom stereocenters. The average molecular weight is 160 g/mol. The molecule has 5 fully saturated rings. The zero-order valence-electron chi connectivity index (χ0n) is 7.45. The monoisotopic (exact) mass is 160 g/mol. The fraction of sp³-hybridized carbons (Fsp3) is 1.00. The van der Waals surface area contributed by atoms with Gasteiger partial charge < -0.3 is 0 Å². The standard InChI is InChI=1S/C12H16/c1-5-2-8-7(1)9-3-6-4-10(8)12(6)11(5)9/h5-12H,1-4H2. The predicted octanol–water partition coefficient (Wildman–Crippen LogP) is 2.54.